The van der Waals surface area contributed by atoms with Gasteiger partial charge in [0.1, 0.15) is 0 Å². The third kappa shape index (κ3) is 2.73. The number of carbonyl (C=O) groups is 1. The predicted molar refractivity (Wildman–Crippen MR) is 55.3 cm³/mol. The summed E-state index contributed by atoms with van der Waals surface area (Å²) >= 11 is 0. The maximum absolute atomic E-state index is 11.2. The first-order valence-electron chi connectivity index (χ1n) is 4.60. The molecule has 66 valence electrons. The summed E-state index contributed by atoms with van der Waals surface area (Å²) in [4.78, 5) is 11.2. The third-order valence-electron chi connectivity index (χ3n) is 2.00. The number of aryl methyl sites for hydroxylation is 1. The van der Waals surface area contributed by atoms with Crippen LogP contribution in [0.4, 0.5) is 0 Å². The SMILES string of the molecule is [B]CC(=O)c1ccc(CCC)cc1. The molecule has 0 unspecified atom stereocenters. The fourth-order valence-corrected chi connectivity index (χ4v) is 1.26. The average Bonchev–Trinajstić information content (AvgIpc) is 2.18. The standard InChI is InChI=1S/C11H13BO/c1-2-3-9-4-6-10(7-5-9)11(13)8-12/h4-7H,2-3,8H2,1H3. The van der Waals surface area contributed by atoms with Gasteiger partial charge < -0.3 is 0 Å². The van der Waals surface area contributed by atoms with Crippen LogP contribution in [-0.2, 0) is 6.42 Å². The quantitative estimate of drug-likeness (QED) is 0.503. The number of benzene rings is 1. The van der Waals surface area contributed by atoms with E-state index in [4.69, 9.17) is 7.85 Å². The molecule has 0 amide bonds. The molecular weight excluding hydrogens is 159 g/mol. The first kappa shape index (κ1) is 10.0. The van der Waals surface area contributed by atoms with Gasteiger partial charge in [0.2, 0.25) is 0 Å². The molecule has 0 heterocycles. The first-order valence-corrected chi connectivity index (χ1v) is 4.60. The molecule has 0 aliphatic carbocycles. The van der Waals surface area contributed by atoms with Crippen molar-refractivity contribution in [3.05, 3.63) is 35.4 Å². The van der Waals surface area contributed by atoms with Crippen LogP contribution in [0.25, 0.3) is 0 Å². The van der Waals surface area contributed by atoms with Crippen LogP contribution >= 0.6 is 0 Å². The number of hydrogen-bond acceptors (Lipinski definition) is 1. The molecule has 0 saturated carbocycles. The minimum absolute atomic E-state index is 0.00282. The molecule has 0 spiro atoms. The molecule has 1 aromatic rings. The summed E-state index contributed by atoms with van der Waals surface area (Å²) in [6.45, 7) is 2.14. The highest BCUT2D eigenvalue weighted by Gasteiger charge is 2.01. The van der Waals surface area contributed by atoms with Crippen molar-refractivity contribution in [2.45, 2.75) is 26.1 Å². The topological polar surface area (TPSA) is 17.1 Å². The fraction of sp³-hybridized carbons (Fsp3) is 0.364. The van der Waals surface area contributed by atoms with E-state index in [2.05, 4.69) is 6.92 Å². The van der Waals surface area contributed by atoms with Gasteiger partial charge in [-0.1, -0.05) is 37.6 Å². The maximum Gasteiger partial charge on any atom is 0.154 e. The van der Waals surface area contributed by atoms with E-state index in [1.54, 1.807) is 0 Å². The number of carbonyl (C=O) groups excluding carboxylic acids is 1. The van der Waals surface area contributed by atoms with Gasteiger partial charge in [-0.3, -0.25) is 4.79 Å². The zero-order valence-electron chi connectivity index (χ0n) is 7.92. The normalized spacial score (nSPS) is 9.92. The van der Waals surface area contributed by atoms with Crippen LogP contribution < -0.4 is 0 Å². The van der Waals surface area contributed by atoms with Gasteiger partial charge in [0, 0.05) is 5.56 Å². The fourth-order valence-electron chi connectivity index (χ4n) is 1.26. The van der Waals surface area contributed by atoms with Crippen LogP contribution in [0.3, 0.4) is 0 Å². The van der Waals surface area contributed by atoms with Crippen molar-refractivity contribution >= 4 is 13.6 Å². The first-order chi connectivity index (χ1) is 6.27. The van der Waals surface area contributed by atoms with E-state index in [1.165, 1.54) is 5.56 Å². The molecule has 0 aliphatic rings. The van der Waals surface area contributed by atoms with Crippen molar-refractivity contribution in [2.75, 3.05) is 0 Å². The molecule has 0 aromatic heterocycles. The predicted octanol–water partition coefficient (Wildman–Crippen LogP) is 2.41. The lowest BCUT2D eigenvalue weighted by Crippen LogP contribution is -1.97. The Balaban J connectivity index is 2.75. The second-order valence-corrected chi connectivity index (χ2v) is 3.07. The summed E-state index contributed by atoms with van der Waals surface area (Å²) in [5.74, 6) is 0.00282. The molecule has 1 rings (SSSR count). The van der Waals surface area contributed by atoms with E-state index in [-0.39, 0.29) is 12.1 Å². The van der Waals surface area contributed by atoms with Gasteiger partial charge in [0.05, 0.1) is 7.85 Å². The van der Waals surface area contributed by atoms with Gasteiger partial charge in [-0.2, -0.15) is 0 Å². The van der Waals surface area contributed by atoms with Gasteiger partial charge >= 0.3 is 0 Å². The van der Waals surface area contributed by atoms with E-state index in [0.29, 0.717) is 5.56 Å². The Hall–Kier alpha value is -1.05. The van der Waals surface area contributed by atoms with Crippen LogP contribution in [-0.4, -0.2) is 13.6 Å². The Bertz CT molecular complexity index is 277. The van der Waals surface area contributed by atoms with Crippen LogP contribution in [0.15, 0.2) is 24.3 Å². The highest BCUT2D eigenvalue weighted by molar-refractivity contribution is 6.23. The van der Waals surface area contributed by atoms with E-state index in [1.807, 2.05) is 24.3 Å². The van der Waals surface area contributed by atoms with Crippen LogP contribution in [0.1, 0.15) is 29.3 Å². The van der Waals surface area contributed by atoms with Gasteiger partial charge in [-0.05, 0) is 18.3 Å². The molecule has 1 nitrogen and oxygen atoms in total. The molecule has 2 heteroatoms. The number of rotatable bonds is 4. The van der Waals surface area contributed by atoms with Crippen molar-refractivity contribution in [2.24, 2.45) is 0 Å². The molecule has 0 atom stereocenters. The van der Waals surface area contributed by atoms with Crippen molar-refractivity contribution in [3.8, 4) is 0 Å². The van der Waals surface area contributed by atoms with Gasteiger partial charge in [-0.25, -0.2) is 0 Å². The Morgan fingerprint density at radius 2 is 1.92 bits per heavy atom. The summed E-state index contributed by atoms with van der Waals surface area (Å²) in [6, 6.07) is 7.68. The number of hydrogen-bond donors (Lipinski definition) is 0. The van der Waals surface area contributed by atoms with Gasteiger partial charge in [0.15, 0.2) is 5.78 Å². The third-order valence-corrected chi connectivity index (χ3v) is 2.00. The Kier molecular flexibility index (Phi) is 3.75. The maximum atomic E-state index is 11.2. The van der Waals surface area contributed by atoms with Crippen molar-refractivity contribution in [1.82, 2.24) is 0 Å². The molecule has 0 saturated heterocycles. The van der Waals surface area contributed by atoms with E-state index >= 15 is 0 Å². The molecular formula is C11H13BO. The Morgan fingerprint density at radius 3 is 2.38 bits per heavy atom. The number of Topliss-reactive ketones (excluding diaryl/α,β-unsaturated/α-hetero) is 1. The van der Waals surface area contributed by atoms with Crippen LogP contribution in [0.2, 0.25) is 6.32 Å². The lowest BCUT2D eigenvalue weighted by Gasteiger charge is -2.00. The second-order valence-electron chi connectivity index (χ2n) is 3.07. The second kappa shape index (κ2) is 4.85. The molecule has 0 bridgehead atoms. The summed E-state index contributed by atoms with van der Waals surface area (Å²) in [6.07, 6.45) is 2.29. The Morgan fingerprint density at radius 1 is 1.31 bits per heavy atom. The number of ketones is 1. The molecule has 0 N–H and O–H groups in total. The average molecular weight is 172 g/mol. The lowest BCUT2D eigenvalue weighted by molar-refractivity contribution is 0.101. The van der Waals surface area contributed by atoms with E-state index in [9.17, 15) is 4.79 Å². The van der Waals surface area contributed by atoms with Crippen LogP contribution in [0.5, 0.6) is 0 Å². The van der Waals surface area contributed by atoms with E-state index in [0.717, 1.165) is 12.8 Å². The van der Waals surface area contributed by atoms with Crippen molar-refractivity contribution in [1.29, 1.82) is 0 Å². The minimum Gasteiger partial charge on any atom is -0.295 e. The zero-order valence-corrected chi connectivity index (χ0v) is 7.92. The van der Waals surface area contributed by atoms with E-state index < -0.39 is 0 Å². The van der Waals surface area contributed by atoms with Crippen molar-refractivity contribution < 1.29 is 4.79 Å². The highest BCUT2D eigenvalue weighted by atomic mass is 16.1. The summed E-state index contributed by atoms with van der Waals surface area (Å²) in [5, 5.41) is 0. The molecule has 0 aliphatic heterocycles. The molecule has 1 aromatic carbocycles. The smallest absolute Gasteiger partial charge is 0.154 e. The Labute approximate surface area is 80.6 Å². The minimum atomic E-state index is 0.00282. The van der Waals surface area contributed by atoms with Crippen LogP contribution in [0, 0.1) is 0 Å². The summed E-state index contributed by atoms with van der Waals surface area (Å²) in [5.41, 5.74) is 1.98. The summed E-state index contributed by atoms with van der Waals surface area (Å²) in [7, 11) is 5.25. The molecule has 0 fully saturated rings. The zero-order chi connectivity index (χ0) is 9.68. The highest BCUT2D eigenvalue weighted by Crippen LogP contribution is 2.08. The summed E-state index contributed by atoms with van der Waals surface area (Å²) < 4.78 is 0. The van der Waals surface area contributed by atoms with Gasteiger partial charge in [-0.15, -0.1) is 0 Å². The van der Waals surface area contributed by atoms with Gasteiger partial charge in [0.25, 0.3) is 0 Å². The lowest BCUT2D eigenvalue weighted by atomic mass is 9.95. The molecule has 2 radical (unpaired) electrons. The van der Waals surface area contributed by atoms with Crippen molar-refractivity contribution in [3.63, 3.8) is 0 Å². The monoisotopic (exact) mass is 172 g/mol. The molecule has 13 heavy (non-hydrogen) atoms. The largest absolute Gasteiger partial charge is 0.295 e.